The van der Waals surface area contributed by atoms with E-state index in [1.807, 2.05) is 0 Å². The minimum absolute atomic E-state index is 0.0477. The monoisotopic (exact) mass is 291 g/mol. The van der Waals surface area contributed by atoms with Gasteiger partial charge in [-0.2, -0.15) is 13.2 Å². The topological polar surface area (TPSA) is 32.3 Å². The van der Waals surface area contributed by atoms with Crippen molar-refractivity contribution in [2.75, 3.05) is 13.2 Å². The van der Waals surface area contributed by atoms with Crippen LogP contribution in [0.5, 0.6) is 0 Å². The summed E-state index contributed by atoms with van der Waals surface area (Å²) < 4.78 is 36.4. The molecule has 2 N–H and O–H groups in total. The first-order valence-electron chi connectivity index (χ1n) is 6.09. The smallest absolute Gasteiger partial charge is 0.396 e. The Morgan fingerprint density at radius 3 is 2.32 bits per heavy atom. The summed E-state index contributed by atoms with van der Waals surface area (Å²) >= 11 is -0.102. The molecule has 0 spiro atoms. The van der Waals surface area contributed by atoms with Gasteiger partial charge in [0.25, 0.3) is 0 Å². The van der Waals surface area contributed by atoms with E-state index in [2.05, 4.69) is 5.32 Å². The number of nitrogens with one attached hydrogen (secondary N) is 1. The van der Waals surface area contributed by atoms with Crippen LogP contribution in [-0.2, 0) is 6.54 Å². The quantitative estimate of drug-likeness (QED) is 0.790. The number of hydrogen-bond donors (Lipinski definition) is 2. The van der Waals surface area contributed by atoms with E-state index in [4.69, 9.17) is 5.11 Å². The van der Waals surface area contributed by atoms with Gasteiger partial charge in [0.1, 0.15) is 0 Å². The minimum atomic E-state index is -4.24. The molecule has 6 heteroatoms. The second-order valence-electron chi connectivity index (χ2n) is 4.95. The summed E-state index contributed by atoms with van der Waals surface area (Å²) in [5.41, 5.74) is -3.24. The molecule has 0 saturated heterocycles. The zero-order valence-corrected chi connectivity index (χ0v) is 11.2. The molecule has 0 aromatic heterocycles. The maximum absolute atomic E-state index is 12.1. The zero-order chi connectivity index (χ0) is 13.9. The predicted molar refractivity (Wildman–Crippen MR) is 68.8 cm³/mol. The lowest BCUT2D eigenvalue weighted by molar-refractivity contribution is -0.0328. The van der Waals surface area contributed by atoms with Crippen LogP contribution in [0, 0.1) is 5.41 Å². The van der Waals surface area contributed by atoms with Gasteiger partial charge in [0.05, 0.1) is 0 Å². The molecule has 106 valence electrons. The van der Waals surface area contributed by atoms with Crippen molar-refractivity contribution in [3.8, 4) is 0 Å². The molecule has 0 atom stereocenters. The summed E-state index contributed by atoms with van der Waals surface area (Å²) in [6.07, 6.45) is 2.08. The number of aliphatic hydroxyl groups is 1. The standard InChI is InChI=1S/C13H16F3NOS/c14-13(15,16)19-11-3-1-10(2-4-11)7-17-8-12(9-18)5-6-12/h1-4,17-18H,5-9H2. The average Bonchev–Trinajstić information content (AvgIpc) is 3.10. The van der Waals surface area contributed by atoms with Gasteiger partial charge >= 0.3 is 5.51 Å². The Morgan fingerprint density at radius 1 is 1.21 bits per heavy atom. The lowest BCUT2D eigenvalue weighted by atomic mass is 10.1. The molecule has 0 unspecified atom stereocenters. The molecule has 1 fully saturated rings. The predicted octanol–water partition coefficient (Wildman–Crippen LogP) is 3.16. The van der Waals surface area contributed by atoms with Crippen LogP contribution < -0.4 is 5.32 Å². The van der Waals surface area contributed by atoms with Crippen LogP contribution in [0.1, 0.15) is 18.4 Å². The molecular weight excluding hydrogens is 275 g/mol. The summed E-state index contributed by atoms with van der Waals surface area (Å²) in [7, 11) is 0. The molecule has 1 aliphatic rings. The molecule has 19 heavy (non-hydrogen) atoms. The zero-order valence-electron chi connectivity index (χ0n) is 10.3. The van der Waals surface area contributed by atoms with Gasteiger partial charge in [-0.1, -0.05) is 12.1 Å². The molecular formula is C13H16F3NOS. The minimum Gasteiger partial charge on any atom is -0.396 e. The maximum atomic E-state index is 12.1. The van der Waals surface area contributed by atoms with E-state index in [0.717, 1.165) is 24.9 Å². The number of halogens is 3. The van der Waals surface area contributed by atoms with Gasteiger partial charge < -0.3 is 10.4 Å². The number of benzene rings is 1. The van der Waals surface area contributed by atoms with E-state index in [1.165, 1.54) is 12.1 Å². The summed E-state index contributed by atoms with van der Waals surface area (Å²) in [5.74, 6) is 0. The Balaban J connectivity index is 1.79. The molecule has 0 heterocycles. The normalized spacial score (nSPS) is 17.5. The van der Waals surface area contributed by atoms with E-state index >= 15 is 0 Å². The molecule has 1 aromatic rings. The van der Waals surface area contributed by atoms with Crippen LogP contribution in [-0.4, -0.2) is 23.8 Å². The first-order chi connectivity index (χ1) is 8.92. The van der Waals surface area contributed by atoms with Crippen LogP contribution in [0.3, 0.4) is 0 Å². The van der Waals surface area contributed by atoms with E-state index in [9.17, 15) is 13.2 Å². The average molecular weight is 291 g/mol. The van der Waals surface area contributed by atoms with Crippen molar-refractivity contribution in [3.05, 3.63) is 29.8 Å². The summed E-state index contributed by atoms with van der Waals surface area (Å²) in [6.45, 7) is 1.56. The molecule has 1 saturated carbocycles. The molecule has 1 aliphatic carbocycles. The van der Waals surface area contributed by atoms with Crippen molar-refractivity contribution in [1.29, 1.82) is 0 Å². The number of thioether (sulfide) groups is 1. The van der Waals surface area contributed by atoms with E-state index in [1.54, 1.807) is 12.1 Å². The van der Waals surface area contributed by atoms with Gasteiger partial charge in [-0.15, -0.1) is 0 Å². The Morgan fingerprint density at radius 2 is 1.84 bits per heavy atom. The largest absolute Gasteiger partial charge is 0.446 e. The first kappa shape index (κ1) is 14.7. The number of aliphatic hydroxyl groups excluding tert-OH is 1. The SMILES string of the molecule is OCC1(CNCc2ccc(SC(F)(F)F)cc2)CC1. The highest BCUT2D eigenvalue weighted by Gasteiger charge is 2.41. The van der Waals surface area contributed by atoms with E-state index in [0.29, 0.717) is 6.54 Å². The van der Waals surface area contributed by atoms with E-state index < -0.39 is 5.51 Å². The van der Waals surface area contributed by atoms with Gasteiger partial charge in [0.2, 0.25) is 0 Å². The third-order valence-electron chi connectivity index (χ3n) is 3.28. The molecule has 0 radical (unpaired) electrons. The van der Waals surface area contributed by atoms with Crippen molar-refractivity contribution in [2.24, 2.45) is 5.41 Å². The number of hydrogen-bond acceptors (Lipinski definition) is 3. The summed E-state index contributed by atoms with van der Waals surface area (Å²) in [6, 6.07) is 6.35. The second-order valence-corrected chi connectivity index (χ2v) is 6.09. The van der Waals surface area contributed by atoms with Crippen LogP contribution in [0.4, 0.5) is 13.2 Å². The molecule has 2 rings (SSSR count). The van der Waals surface area contributed by atoms with Crippen molar-refractivity contribution in [3.63, 3.8) is 0 Å². The summed E-state index contributed by atoms with van der Waals surface area (Å²) in [4.78, 5) is 0.199. The maximum Gasteiger partial charge on any atom is 0.446 e. The highest BCUT2D eigenvalue weighted by Crippen LogP contribution is 2.44. The number of alkyl halides is 3. The Labute approximate surface area is 114 Å². The van der Waals surface area contributed by atoms with Crippen molar-refractivity contribution in [2.45, 2.75) is 29.8 Å². The van der Waals surface area contributed by atoms with Crippen molar-refractivity contribution >= 4 is 11.8 Å². The molecule has 0 aliphatic heterocycles. The highest BCUT2D eigenvalue weighted by molar-refractivity contribution is 8.00. The fourth-order valence-corrected chi connectivity index (χ4v) is 2.39. The van der Waals surface area contributed by atoms with Gasteiger partial charge in [0.15, 0.2) is 0 Å². The van der Waals surface area contributed by atoms with Gasteiger partial charge in [0, 0.05) is 30.0 Å². The third-order valence-corrected chi connectivity index (χ3v) is 4.02. The second kappa shape index (κ2) is 5.73. The van der Waals surface area contributed by atoms with Gasteiger partial charge in [-0.3, -0.25) is 0 Å². The lowest BCUT2D eigenvalue weighted by Crippen LogP contribution is -2.26. The Bertz CT molecular complexity index is 415. The Hall–Kier alpha value is -0.720. The van der Waals surface area contributed by atoms with E-state index in [-0.39, 0.29) is 28.7 Å². The highest BCUT2D eigenvalue weighted by atomic mass is 32.2. The van der Waals surface area contributed by atoms with Crippen LogP contribution in [0.2, 0.25) is 0 Å². The fraction of sp³-hybridized carbons (Fsp3) is 0.538. The lowest BCUT2D eigenvalue weighted by Gasteiger charge is -2.13. The molecule has 0 bridgehead atoms. The molecule has 0 amide bonds. The van der Waals surface area contributed by atoms with Crippen molar-refractivity contribution < 1.29 is 18.3 Å². The van der Waals surface area contributed by atoms with Crippen LogP contribution >= 0.6 is 11.8 Å². The summed E-state index contributed by atoms with van der Waals surface area (Å²) in [5, 5.41) is 12.4. The van der Waals surface area contributed by atoms with Gasteiger partial charge in [-0.05, 0) is 42.3 Å². The molecule has 1 aromatic carbocycles. The van der Waals surface area contributed by atoms with Crippen molar-refractivity contribution in [1.82, 2.24) is 5.32 Å². The van der Waals surface area contributed by atoms with Crippen LogP contribution in [0.15, 0.2) is 29.2 Å². The van der Waals surface area contributed by atoms with Crippen LogP contribution in [0.25, 0.3) is 0 Å². The molecule has 2 nitrogen and oxygen atoms in total. The fourth-order valence-electron chi connectivity index (χ4n) is 1.85. The van der Waals surface area contributed by atoms with Gasteiger partial charge in [-0.25, -0.2) is 0 Å². The first-order valence-corrected chi connectivity index (χ1v) is 6.90. The third kappa shape index (κ3) is 4.71. The Kier molecular flexibility index (Phi) is 4.43. The number of rotatable bonds is 6.